The van der Waals surface area contributed by atoms with Gasteiger partial charge in [0, 0.05) is 23.4 Å². The molecule has 0 unspecified atom stereocenters. The molecule has 3 aromatic rings. The molecular weight excluding hydrogens is 293 g/mol. The average Bonchev–Trinajstić information content (AvgIpc) is 2.61. The quantitative estimate of drug-likeness (QED) is 0.660. The number of benzene rings is 2. The van der Waals surface area contributed by atoms with Gasteiger partial charge in [0.2, 0.25) is 0 Å². The van der Waals surface area contributed by atoms with E-state index in [0.29, 0.717) is 35.5 Å². The normalized spacial score (nSPS) is 10.3. The van der Waals surface area contributed by atoms with Gasteiger partial charge in [-0.3, -0.25) is 9.78 Å². The topological polar surface area (TPSA) is 39.2 Å². The summed E-state index contributed by atoms with van der Waals surface area (Å²) in [6.45, 7) is 0.381. The van der Waals surface area contributed by atoms with Crippen molar-refractivity contribution in [3.05, 3.63) is 83.8 Å². The Kier molecular flexibility index (Phi) is 4.43. The first kappa shape index (κ1) is 14.9. The maximum Gasteiger partial charge on any atom is 0.151 e. The lowest BCUT2D eigenvalue weighted by molar-refractivity contribution is 0.112. The predicted octanol–water partition coefficient (Wildman–Crippen LogP) is 4.28. The van der Waals surface area contributed by atoms with Gasteiger partial charge in [0.15, 0.2) is 6.29 Å². The number of carbonyl (C=O) groups is 1. The fourth-order valence-electron chi connectivity index (χ4n) is 2.17. The van der Waals surface area contributed by atoms with Crippen LogP contribution in [0.2, 0.25) is 0 Å². The molecule has 114 valence electrons. The van der Waals surface area contributed by atoms with E-state index in [4.69, 9.17) is 4.74 Å². The minimum absolute atomic E-state index is 0.370. The van der Waals surface area contributed by atoms with Crippen molar-refractivity contribution < 1.29 is 13.9 Å². The Bertz CT molecular complexity index is 801. The summed E-state index contributed by atoms with van der Waals surface area (Å²) in [5.41, 5.74) is 2.32. The SMILES string of the molecule is O=Cc1ccc(-c2ccc(OCc3ccccc3)cc2F)nc1. The first-order valence-electron chi connectivity index (χ1n) is 7.14. The highest BCUT2D eigenvalue weighted by atomic mass is 19.1. The van der Waals surface area contributed by atoms with Crippen LogP contribution in [-0.2, 0) is 6.61 Å². The summed E-state index contributed by atoms with van der Waals surface area (Å²) in [5, 5.41) is 0. The third kappa shape index (κ3) is 3.61. The van der Waals surface area contributed by atoms with E-state index in [1.165, 1.54) is 12.3 Å². The van der Waals surface area contributed by atoms with Gasteiger partial charge in [-0.05, 0) is 29.8 Å². The zero-order valence-corrected chi connectivity index (χ0v) is 12.3. The van der Waals surface area contributed by atoms with E-state index < -0.39 is 5.82 Å². The van der Waals surface area contributed by atoms with Crippen molar-refractivity contribution in [2.75, 3.05) is 0 Å². The maximum absolute atomic E-state index is 14.3. The summed E-state index contributed by atoms with van der Waals surface area (Å²) in [6, 6.07) is 17.6. The third-order valence-electron chi connectivity index (χ3n) is 3.39. The number of carbonyl (C=O) groups excluding carboxylic acids is 1. The Labute approximate surface area is 133 Å². The number of aldehydes is 1. The third-order valence-corrected chi connectivity index (χ3v) is 3.39. The monoisotopic (exact) mass is 307 g/mol. The minimum atomic E-state index is -0.415. The molecule has 0 saturated carbocycles. The molecule has 1 heterocycles. The van der Waals surface area contributed by atoms with E-state index >= 15 is 0 Å². The molecule has 0 saturated heterocycles. The Morgan fingerprint density at radius 3 is 2.52 bits per heavy atom. The molecule has 0 aliphatic heterocycles. The van der Waals surface area contributed by atoms with Crippen LogP contribution in [0.5, 0.6) is 5.75 Å². The Balaban J connectivity index is 1.76. The molecular formula is C19H14FNO2. The van der Waals surface area contributed by atoms with Crippen LogP contribution in [0.3, 0.4) is 0 Å². The molecule has 0 N–H and O–H groups in total. The first-order valence-corrected chi connectivity index (χ1v) is 7.14. The number of ether oxygens (including phenoxy) is 1. The maximum atomic E-state index is 14.3. The molecule has 0 bridgehead atoms. The second kappa shape index (κ2) is 6.83. The lowest BCUT2D eigenvalue weighted by Crippen LogP contribution is -1.96. The summed E-state index contributed by atoms with van der Waals surface area (Å²) in [5.74, 6) is 0.0431. The van der Waals surface area contributed by atoms with Crippen molar-refractivity contribution in [2.45, 2.75) is 6.61 Å². The van der Waals surface area contributed by atoms with Gasteiger partial charge in [-0.2, -0.15) is 0 Å². The van der Waals surface area contributed by atoms with Gasteiger partial charge in [-0.25, -0.2) is 4.39 Å². The van der Waals surface area contributed by atoms with Crippen molar-refractivity contribution in [3.63, 3.8) is 0 Å². The van der Waals surface area contributed by atoms with E-state index in [1.807, 2.05) is 30.3 Å². The standard InChI is InChI=1S/C19H14FNO2/c20-18-10-16(23-13-14-4-2-1-3-5-14)7-8-17(18)19-9-6-15(12-22)11-21-19/h1-12H,13H2. The van der Waals surface area contributed by atoms with Crippen LogP contribution >= 0.6 is 0 Å². The molecule has 0 radical (unpaired) electrons. The van der Waals surface area contributed by atoms with Crippen molar-refractivity contribution in [1.82, 2.24) is 4.98 Å². The van der Waals surface area contributed by atoms with Gasteiger partial charge in [0.05, 0.1) is 5.69 Å². The zero-order valence-electron chi connectivity index (χ0n) is 12.3. The van der Waals surface area contributed by atoms with E-state index in [2.05, 4.69) is 4.98 Å². The largest absolute Gasteiger partial charge is 0.489 e. The van der Waals surface area contributed by atoms with Crippen molar-refractivity contribution in [1.29, 1.82) is 0 Å². The number of rotatable bonds is 5. The molecule has 23 heavy (non-hydrogen) atoms. The zero-order chi connectivity index (χ0) is 16.1. The number of pyridine rings is 1. The highest BCUT2D eigenvalue weighted by Gasteiger charge is 2.08. The molecule has 0 atom stereocenters. The summed E-state index contributed by atoms with van der Waals surface area (Å²) in [6.07, 6.45) is 2.12. The van der Waals surface area contributed by atoms with Crippen molar-refractivity contribution in [2.24, 2.45) is 0 Å². The van der Waals surface area contributed by atoms with Crippen LogP contribution in [0.1, 0.15) is 15.9 Å². The minimum Gasteiger partial charge on any atom is -0.489 e. The Hall–Kier alpha value is -3.01. The molecule has 0 amide bonds. The molecule has 4 heteroatoms. The second-order valence-corrected chi connectivity index (χ2v) is 5.01. The van der Waals surface area contributed by atoms with Gasteiger partial charge in [-0.15, -0.1) is 0 Å². The molecule has 0 spiro atoms. The van der Waals surface area contributed by atoms with E-state index in [9.17, 15) is 9.18 Å². The van der Waals surface area contributed by atoms with E-state index in [0.717, 1.165) is 5.56 Å². The summed E-state index contributed by atoms with van der Waals surface area (Å²) in [7, 11) is 0. The Morgan fingerprint density at radius 2 is 1.87 bits per heavy atom. The Morgan fingerprint density at radius 1 is 1.04 bits per heavy atom. The number of halogens is 1. The van der Waals surface area contributed by atoms with Crippen LogP contribution in [0, 0.1) is 5.82 Å². The van der Waals surface area contributed by atoms with E-state index in [1.54, 1.807) is 24.3 Å². The molecule has 0 aliphatic carbocycles. The molecule has 2 aromatic carbocycles. The van der Waals surface area contributed by atoms with Crippen molar-refractivity contribution in [3.8, 4) is 17.0 Å². The lowest BCUT2D eigenvalue weighted by atomic mass is 10.1. The highest BCUT2D eigenvalue weighted by molar-refractivity contribution is 5.75. The molecule has 1 aromatic heterocycles. The van der Waals surface area contributed by atoms with Crippen LogP contribution in [0.25, 0.3) is 11.3 Å². The fourth-order valence-corrected chi connectivity index (χ4v) is 2.17. The number of nitrogens with zero attached hydrogens (tertiary/aromatic N) is 1. The summed E-state index contributed by atoms with van der Waals surface area (Å²) >= 11 is 0. The molecule has 3 rings (SSSR count). The van der Waals surface area contributed by atoms with Crippen LogP contribution < -0.4 is 4.74 Å². The van der Waals surface area contributed by atoms with Crippen molar-refractivity contribution >= 4 is 6.29 Å². The highest BCUT2D eigenvalue weighted by Crippen LogP contribution is 2.25. The lowest BCUT2D eigenvalue weighted by Gasteiger charge is -2.08. The van der Waals surface area contributed by atoms with Crippen LogP contribution in [0.15, 0.2) is 66.9 Å². The first-order chi connectivity index (χ1) is 11.3. The summed E-state index contributed by atoms with van der Waals surface area (Å²) in [4.78, 5) is 14.7. The van der Waals surface area contributed by atoms with Gasteiger partial charge in [-0.1, -0.05) is 30.3 Å². The molecule has 0 aliphatic rings. The van der Waals surface area contributed by atoms with Gasteiger partial charge in [0.25, 0.3) is 0 Å². The number of hydrogen-bond donors (Lipinski definition) is 0. The second-order valence-electron chi connectivity index (χ2n) is 5.01. The van der Waals surface area contributed by atoms with Crippen LogP contribution in [0.4, 0.5) is 4.39 Å². The fraction of sp³-hybridized carbons (Fsp3) is 0.0526. The van der Waals surface area contributed by atoms with E-state index in [-0.39, 0.29) is 0 Å². The molecule has 3 nitrogen and oxygen atoms in total. The summed E-state index contributed by atoms with van der Waals surface area (Å²) < 4.78 is 19.8. The smallest absolute Gasteiger partial charge is 0.151 e. The predicted molar refractivity (Wildman–Crippen MR) is 85.8 cm³/mol. The van der Waals surface area contributed by atoms with Crippen LogP contribution in [-0.4, -0.2) is 11.3 Å². The average molecular weight is 307 g/mol. The number of aromatic nitrogens is 1. The number of hydrogen-bond acceptors (Lipinski definition) is 3. The van der Waals surface area contributed by atoms with Gasteiger partial charge < -0.3 is 4.74 Å². The van der Waals surface area contributed by atoms with Gasteiger partial charge >= 0.3 is 0 Å². The van der Waals surface area contributed by atoms with Gasteiger partial charge in [0.1, 0.15) is 18.2 Å². The molecule has 0 fully saturated rings.